The van der Waals surface area contributed by atoms with Crippen molar-refractivity contribution in [3.05, 3.63) is 64.7 Å². The fourth-order valence-corrected chi connectivity index (χ4v) is 4.19. The monoisotopic (exact) mass is 476 g/mol. The van der Waals surface area contributed by atoms with E-state index < -0.39 is 6.04 Å². The molecule has 1 atom stereocenters. The summed E-state index contributed by atoms with van der Waals surface area (Å²) in [5.74, 6) is 1.95. The van der Waals surface area contributed by atoms with Crippen molar-refractivity contribution in [3.63, 3.8) is 0 Å². The van der Waals surface area contributed by atoms with Crippen molar-refractivity contribution < 1.29 is 14.3 Å². The van der Waals surface area contributed by atoms with Crippen LogP contribution in [0.15, 0.2) is 48.5 Å². The highest BCUT2D eigenvalue weighted by atomic mass is 35.5. The Morgan fingerprint density at radius 2 is 1.69 bits per heavy atom. The number of nitrogens with zero attached hydrogens (tertiary/aromatic N) is 1. The van der Waals surface area contributed by atoms with Crippen LogP contribution in [0.25, 0.3) is 0 Å². The molecular weight excluding hydrogens is 444 g/mol. The summed E-state index contributed by atoms with van der Waals surface area (Å²) in [6, 6.07) is 14.7. The first-order valence-corrected chi connectivity index (χ1v) is 12.4. The van der Waals surface area contributed by atoms with Gasteiger partial charge in [-0.15, -0.1) is 11.8 Å². The van der Waals surface area contributed by atoms with E-state index in [0.29, 0.717) is 42.0 Å². The molecule has 2 rings (SSSR count). The summed E-state index contributed by atoms with van der Waals surface area (Å²) >= 11 is 7.48. The van der Waals surface area contributed by atoms with E-state index in [1.54, 1.807) is 12.0 Å². The molecule has 0 aliphatic heterocycles. The Kier molecular flexibility index (Phi) is 10.9. The average Bonchev–Trinajstić information content (AvgIpc) is 2.79. The SMILES string of the molecule is CCC(C(=O)NCC(C)C)N(Cc1ccc(OC)cc1)C(=O)CSCc1ccc(Cl)cc1. The minimum absolute atomic E-state index is 0.0497. The molecule has 1 N–H and O–H groups in total. The Morgan fingerprint density at radius 3 is 2.25 bits per heavy atom. The highest BCUT2D eigenvalue weighted by Crippen LogP contribution is 2.20. The van der Waals surface area contributed by atoms with E-state index in [1.165, 1.54) is 11.8 Å². The highest BCUT2D eigenvalue weighted by molar-refractivity contribution is 7.99. The predicted octanol–water partition coefficient (Wildman–Crippen LogP) is 5.16. The van der Waals surface area contributed by atoms with Crippen molar-refractivity contribution in [2.75, 3.05) is 19.4 Å². The number of ether oxygens (including phenoxy) is 1. The van der Waals surface area contributed by atoms with E-state index in [4.69, 9.17) is 16.3 Å². The summed E-state index contributed by atoms with van der Waals surface area (Å²) < 4.78 is 5.23. The minimum Gasteiger partial charge on any atom is -0.497 e. The zero-order valence-electron chi connectivity index (χ0n) is 19.3. The van der Waals surface area contributed by atoms with Crippen LogP contribution in [0.2, 0.25) is 5.02 Å². The van der Waals surface area contributed by atoms with E-state index in [2.05, 4.69) is 19.2 Å². The van der Waals surface area contributed by atoms with E-state index in [9.17, 15) is 9.59 Å². The van der Waals surface area contributed by atoms with E-state index in [1.807, 2.05) is 55.5 Å². The fraction of sp³-hybridized carbons (Fsp3) is 0.440. The number of benzene rings is 2. The van der Waals surface area contributed by atoms with Crippen LogP contribution in [-0.4, -0.2) is 42.2 Å². The molecule has 0 aliphatic carbocycles. The van der Waals surface area contributed by atoms with Gasteiger partial charge in [0, 0.05) is 23.9 Å². The molecule has 0 heterocycles. The summed E-state index contributed by atoms with van der Waals surface area (Å²) in [5, 5.41) is 3.68. The first-order chi connectivity index (χ1) is 15.3. The van der Waals surface area contributed by atoms with Crippen molar-refractivity contribution >= 4 is 35.2 Å². The van der Waals surface area contributed by atoms with Gasteiger partial charge in [0.15, 0.2) is 0 Å². The van der Waals surface area contributed by atoms with Crippen molar-refractivity contribution in [1.29, 1.82) is 0 Å². The lowest BCUT2D eigenvalue weighted by atomic mass is 10.1. The van der Waals surface area contributed by atoms with Gasteiger partial charge in [-0.1, -0.05) is 56.6 Å². The van der Waals surface area contributed by atoms with Crippen LogP contribution in [0.1, 0.15) is 38.3 Å². The molecule has 2 aromatic carbocycles. The molecule has 0 saturated carbocycles. The van der Waals surface area contributed by atoms with Gasteiger partial charge in [-0.2, -0.15) is 0 Å². The van der Waals surface area contributed by atoms with Crippen LogP contribution < -0.4 is 10.1 Å². The van der Waals surface area contributed by atoms with E-state index in [0.717, 1.165) is 16.9 Å². The number of methoxy groups -OCH3 is 1. The number of rotatable bonds is 12. The Balaban J connectivity index is 2.11. The first kappa shape index (κ1) is 26.1. The van der Waals surface area contributed by atoms with Gasteiger partial charge in [-0.3, -0.25) is 9.59 Å². The summed E-state index contributed by atoms with van der Waals surface area (Å²) in [6.07, 6.45) is 0.549. The molecule has 0 aliphatic rings. The Morgan fingerprint density at radius 1 is 1.06 bits per heavy atom. The third-order valence-corrected chi connectivity index (χ3v) is 6.23. The molecule has 174 valence electrons. The standard InChI is InChI=1S/C25H33ClN2O3S/c1-5-23(25(30)27-14-18(2)3)28(15-19-8-12-22(31-4)13-9-19)24(29)17-32-16-20-6-10-21(26)11-7-20/h6-13,18,23H,5,14-17H2,1-4H3,(H,27,30). The van der Waals surface area contributed by atoms with Crippen molar-refractivity contribution in [2.45, 2.75) is 45.5 Å². The molecule has 0 bridgehead atoms. The van der Waals surface area contributed by atoms with Gasteiger partial charge in [-0.05, 0) is 47.7 Å². The van der Waals surface area contributed by atoms with Crippen molar-refractivity contribution in [1.82, 2.24) is 10.2 Å². The van der Waals surface area contributed by atoms with Crippen LogP contribution in [0, 0.1) is 5.92 Å². The van der Waals surface area contributed by atoms with Gasteiger partial charge in [0.1, 0.15) is 11.8 Å². The molecule has 1 unspecified atom stereocenters. The Hall–Kier alpha value is -2.18. The van der Waals surface area contributed by atoms with Gasteiger partial charge in [0.05, 0.1) is 12.9 Å². The van der Waals surface area contributed by atoms with E-state index >= 15 is 0 Å². The quantitative estimate of drug-likeness (QED) is 0.459. The summed E-state index contributed by atoms with van der Waals surface area (Å²) in [5.41, 5.74) is 2.06. The zero-order chi connectivity index (χ0) is 23.5. The largest absolute Gasteiger partial charge is 0.497 e. The average molecular weight is 477 g/mol. The number of halogens is 1. The molecular formula is C25H33ClN2O3S. The van der Waals surface area contributed by atoms with Crippen molar-refractivity contribution in [2.24, 2.45) is 5.92 Å². The summed E-state index contributed by atoms with van der Waals surface area (Å²) in [6.45, 7) is 7.00. The molecule has 0 saturated heterocycles. The molecule has 0 radical (unpaired) electrons. The van der Waals surface area contributed by atoms with Crippen LogP contribution in [0.4, 0.5) is 0 Å². The minimum atomic E-state index is -0.514. The Labute approximate surface area is 200 Å². The van der Waals surface area contributed by atoms with Gasteiger partial charge in [0.25, 0.3) is 0 Å². The summed E-state index contributed by atoms with van der Waals surface area (Å²) in [7, 11) is 1.62. The number of thioether (sulfide) groups is 1. The van der Waals surface area contributed by atoms with Crippen molar-refractivity contribution in [3.8, 4) is 5.75 Å². The number of carbonyl (C=O) groups is 2. The van der Waals surface area contributed by atoms with Gasteiger partial charge in [0.2, 0.25) is 11.8 Å². The second-order valence-corrected chi connectivity index (χ2v) is 9.47. The Bertz CT molecular complexity index is 856. The van der Waals surface area contributed by atoms with Gasteiger partial charge >= 0.3 is 0 Å². The molecule has 2 amide bonds. The fourth-order valence-electron chi connectivity index (χ4n) is 3.19. The number of amides is 2. The van der Waals surface area contributed by atoms with Gasteiger partial charge < -0.3 is 15.0 Å². The van der Waals surface area contributed by atoms with Gasteiger partial charge in [-0.25, -0.2) is 0 Å². The maximum Gasteiger partial charge on any atom is 0.242 e. The second kappa shape index (κ2) is 13.4. The highest BCUT2D eigenvalue weighted by Gasteiger charge is 2.28. The maximum atomic E-state index is 13.2. The number of hydrogen-bond acceptors (Lipinski definition) is 4. The smallest absolute Gasteiger partial charge is 0.242 e. The third kappa shape index (κ3) is 8.40. The van der Waals surface area contributed by atoms with E-state index in [-0.39, 0.29) is 11.8 Å². The lowest BCUT2D eigenvalue weighted by Gasteiger charge is -2.31. The molecule has 32 heavy (non-hydrogen) atoms. The topological polar surface area (TPSA) is 58.6 Å². The van der Waals surface area contributed by atoms with Crippen LogP contribution in [-0.2, 0) is 21.9 Å². The van der Waals surface area contributed by atoms with Crippen LogP contribution >= 0.6 is 23.4 Å². The summed E-state index contributed by atoms with van der Waals surface area (Å²) in [4.78, 5) is 27.8. The number of carbonyl (C=O) groups excluding carboxylic acids is 2. The number of hydrogen-bond donors (Lipinski definition) is 1. The number of nitrogens with one attached hydrogen (secondary N) is 1. The zero-order valence-corrected chi connectivity index (χ0v) is 20.8. The third-order valence-electron chi connectivity index (χ3n) is 4.99. The molecule has 2 aromatic rings. The first-order valence-electron chi connectivity index (χ1n) is 10.9. The maximum absolute atomic E-state index is 13.2. The lowest BCUT2D eigenvalue weighted by molar-refractivity contribution is -0.139. The molecule has 0 fully saturated rings. The molecule has 5 nitrogen and oxygen atoms in total. The molecule has 7 heteroatoms. The van der Waals surface area contributed by atoms with Crippen LogP contribution in [0.3, 0.4) is 0 Å². The normalized spacial score (nSPS) is 11.8. The second-order valence-electron chi connectivity index (χ2n) is 8.05. The van der Waals surface area contributed by atoms with Crippen LogP contribution in [0.5, 0.6) is 5.75 Å². The molecule has 0 spiro atoms. The predicted molar refractivity (Wildman–Crippen MR) is 133 cm³/mol. The molecule has 0 aromatic heterocycles. The lowest BCUT2D eigenvalue weighted by Crippen LogP contribution is -2.50.